The van der Waals surface area contributed by atoms with Crippen LogP contribution in [0, 0.1) is 13.8 Å². The lowest BCUT2D eigenvalue weighted by molar-refractivity contribution is 0.252. The van der Waals surface area contributed by atoms with Crippen LogP contribution in [0.2, 0.25) is 0 Å². The fourth-order valence-electron chi connectivity index (χ4n) is 1.79. The molecule has 2 amide bonds. The van der Waals surface area contributed by atoms with E-state index in [9.17, 15) is 13.2 Å². The Kier molecular flexibility index (Phi) is 6.64. The van der Waals surface area contributed by atoms with Crippen molar-refractivity contribution in [3.8, 4) is 0 Å². The van der Waals surface area contributed by atoms with E-state index in [1.807, 2.05) is 32.0 Å². The van der Waals surface area contributed by atoms with Gasteiger partial charge >= 0.3 is 6.03 Å². The summed E-state index contributed by atoms with van der Waals surface area (Å²) in [4.78, 5) is 11.8. The molecule has 1 rings (SSSR count). The van der Waals surface area contributed by atoms with E-state index in [0.717, 1.165) is 16.8 Å². The van der Waals surface area contributed by atoms with Gasteiger partial charge in [-0.1, -0.05) is 18.2 Å². The molecule has 21 heavy (non-hydrogen) atoms. The van der Waals surface area contributed by atoms with Crippen LogP contribution in [0.1, 0.15) is 24.5 Å². The lowest BCUT2D eigenvalue weighted by Crippen LogP contribution is -2.33. The van der Waals surface area contributed by atoms with Gasteiger partial charge in [-0.2, -0.15) is 0 Å². The molecule has 0 atom stereocenters. The van der Waals surface area contributed by atoms with Crippen LogP contribution in [-0.4, -0.2) is 33.3 Å². The minimum Gasteiger partial charge on any atom is -0.338 e. The highest BCUT2D eigenvalue weighted by atomic mass is 32.2. The van der Waals surface area contributed by atoms with Crippen LogP contribution in [0.3, 0.4) is 0 Å². The quantitative estimate of drug-likeness (QED) is 0.670. The van der Waals surface area contributed by atoms with E-state index < -0.39 is 10.0 Å². The SMILES string of the molecule is CCS(=O)(=O)NCCCNC(=O)Nc1c(C)cccc1C. The van der Waals surface area contributed by atoms with Crippen LogP contribution < -0.4 is 15.4 Å². The maximum atomic E-state index is 11.8. The number of aryl methyl sites for hydroxylation is 2. The molecule has 6 nitrogen and oxygen atoms in total. The highest BCUT2D eigenvalue weighted by Crippen LogP contribution is 2.18. The van der Waals surface area contributed by atoms with Crippen LogP contribution in [0.5, 0.6) is 0 Å². The Balaban J connectivity index is 2.32. The Labute approximate surface area is 126 Å². The van der Waals surface area contributed by atoms with Crippen LogP contribution in [0.15, 0.2) is 18.2 Å². The van der Waals surface area contributed by atoms with E-state index in [1.54, 1.807) is 6.92 Å². The van der Waals surface area contributed by atoms with E-state index in [2.05, 4.69) is 15.4 Å². The molecule has 3 N–H and O–H groups in total. The summed E-state index contributed by atoms with van der Waals surface area (Å²) >= 11 is 0. The Morgan fingerprint density at radius 1 is 1.14 bits per heavy atom. The maximum Gasteiger partial charge on any atom is 0.319 e. The molecule has 0 saturated carbocycles. The molecule has 1 aromatic carbocycles. The first-order valence-corrected chi connectivity index (χ1v) is 8.59. The highest BCUT2D eigenvalue weighted by molar-refractivity contribution is 7.89. The first-order valence-electron chi connectivity index (χ1n) is 6.94. The molecule has 7 heteroatoms. The molecule has 0 aromatic heterocycles. The topological polar surface area (TPSA) is 87.3 Å². The number of amides is 2. The number of sulfonamides is 1. The van der Waals surface area contributed by atoms with Crippen LogP contribution in [0.25, 0.3) is 0 Å². The summed E-state index contributed by atoms with van der Waals surface area (Å²) < 4.78 is 24.9. The fourth-order valence-corrected chi connectivity index (χ4v) is 2.45. The molecular weight excluding hydrogens is 290 g/mol. The van der Waals surface area contributed by atoms with Gasteiger partial charge in [0.1, 0.15) is 0 Å². The molecule has 0 aliphatic carbocycles. The molecule has 0 spiro atoms. The van der Waals surface area contributed by atoms with Crippen molar-refractivity contribution in [2.45, 2.75) is 27.2 Å². The number of para-hydroxylation sites is 1. The molecule has 0 bridgehead atoms. The summed E-state index contributed by atoms with van der Waals surface area (Å²) in [6, 6.07) is 5.52. The standard InChI is InChI=1S/C14H23N3O3S/c1-4-21(19,20)16-10-6-9-15-14(18)17-13-11(2)7-5-8-12(13)3/h5,7-8,16H,4,6,9-10H2,1-3H3,(H2,15,17,18). The Morgan fingerprint density at radius 2 is 1.76 bits per heavy atom. The Hall–Kier alpha value is -1.60. The number of urea groups is 1. The molecule has 0 unspecified atom stereocenters. The lowest BCUT2D eigenvalue weighted by Gasteiger charge is -2.12. The van der Waals surface area contributed by atoms with Gasteiger partial charge < -0.3 is 10.6 Å². The van der Waals surface area contributed by atoms with E-state index in [-0.39, 0.29) is 11.8 Å². The van der Waals surface area contributed by atoms with Gasteiger partial charge in [-0.3, -0.25) is 0 Å². The van der Waals surface area contributed by atoms with Gasteiger partial charge in [0.15, 0.2) is 0 Å². The fraction of sp³-hybridized carbons (Fsp3) is 0.500. The van der Waals surface area contributed by atoms with Crippen molar-refractivity contribution in [2.24, 2.45) is 0 Å². The lowest BCUT2D eigenvalue weighted by atomic mass is 10.1. The molecule has 118 valence electrons. The third kappa shape index (κ3) is 6.14. The van der Waals surface area contributed by atoms with Crippen molar-refractivity contribution in [2.75, 3.05) is 24.2 Å². The summed E-state index contributed by atoms with van der Waals surface area (Å²) in [5.74, 6) is 0.0630. The summed E-state index contributed by atoms with van der Waals surface area (Å²) in [7, 11) is -3.16. The minimum absolute atomic E-state index is 0.0630. The number of nitrogens with one attached hydrogen (secondary N) is 3. The van der Waals surface area contributed by atoms with Crippen molar-refractivity contribution in [3.63, 3.8) is 0 Å². The van der Waals surface area contributed by atoms with Crippen LogP contribution in [0.4, 0.5) is 10.5 Å². The third-order valence-corrected chi connectivity index (χ3v) is 4.46. The number of carbonyl (C=O) groups is 1. The molecule has 0 aliphatic heterocycles. The Bertz CT molecular complexity index is 565. The second kappa shape index (κ2) is 7.99. The second-order valence-corrected chi connectivity index (χ2v) is 6.89. The van der Waals surface area contributed by atoms with E-state index >= 15 is 0 Å². The molecule has 0 fully saturated rings. The second-order valence-electron chi connectivity index (χ2n) is 4.80. The normalized spacial score (nSPS) is 11.2. The van der Waals surface area contributed by atoms with E-state index in [4.69, 9.17) is 0 Å². The number of benzene rings is 1. The van der Waals surface area contributed by atoms with Gasteiger partial charge in [0, 0.05) is 18.8 Å². The zero-order chi connectivity index (χ0) is 15.9. The minimum atomic E-state index is -3.16. The zero-order valence-corrected chi connectivity index (χ0v) is 13.5. The monoisotopic (exact) mass is 313 g/mol. The van der Waals surface area contributed by atoms with Crippen molar-refractivity contribution in [3.05, 3.63) is 29.3 Å². The van der Waals surface area contributed by atoms with Gasteiger partial charge in [-0.05, 0) is 38.3 Å². The first kappa shape index (κ1) is 17.5. The largest absolute Gasteiger partial charge is 0.338 e. The zero-order valence-electron chi connectivity index (χ0n) is 12.7. The summed E-state index contributed by atoms with van der Waals surface area (Å²) in [6.45, 7) is 6.17. The molecular formula is C14H23N3O3S. The maximum absolute atomic E-state index is 11.8. The van der Waals surface area contributed by atoms with Gasteiger partial charge in [0.05, 0.1) is 5.75 Å². The number of anilines is 1. The molecule has 0 aliphatic rings. The van der Waals surface area contributed by atoms with Crippen molar-refractivity contribution < 1.29 is 13.2 Å². The van der Waals surface area contributed by atoms with E-state index in [0.29, 0.717) is 19.5 Å². The van der Waals surface area contributed by atoms with Gasteiger partial charge in [-0.25, -0.2) is 17.9 Å². The molecule has 1 aromatic rings. The molecule has 0 radical (unpaired) electrons. The average Bonchev–Trinajstić information content (AvgIpc) is 2.42. The van der Waals surface area contributed by atoms with Crippen LogP contribution >= 0.6 is 0 Å². The number of rotatable bonds is 7. The van der Waals surface area contributed by atoms with Crippen molar-refractivity contribution >= 4 is 21.7 Å². The number of carbonyl (C=O) groups excluding carboxylic acids is 1. The summed E-state index contributed by atoms with van der Waals surface area (Å²) in [6.07, 6.45) is 0.541. The van der Waals surface area contributed by atoms with E-state index in [1.165, 1.54) is 0 Å². The van der Waals surface area contributed by atoms with Crippen molar-refractivity contribution in [1.29, 1.82) is 0 Å². The van der Waals surface area contributed by atoms with Gasteiger partial charge in [0.2, 0.25) is 10.0 Å². The smallest absolute Gasteiger partial charge is 0.319 e. The molecule has 0 heterocycles. The number of hydrogen-bond acceptors (Lipinski definition) is 3. The summed E-state index contributed by atoms with van der Waals surface area (Å²) in [5, 5.41) is 5.51. The predicted molar refractivity (Wildman–Crippen MR) is 85.0 cm³/mol. The van der Waals surface area contributed by atoms with Crippen molar-refractivity contribution in [1.82, 2.24) is 10.0 Å². The predicted octanol–water partition coefficient (Wildman–Crippen LogP) is 1.75. The number of hydrogen-bond donors (Lipinski definition) is 3. The highest BCUT2D eigenvalue weighted by Gasteiger charge is 2.07. The Morgan fingerprint density at radius 3 is 2.33 bits per heavy atom. The molecule has 0 saturated heterocycles. The third-order valence-electron chi connectivity index (χ3n) is 3.06. The average molecular weight is 313 g/mol. The van der Waals surface area contributed by atoms with Gasteiger partial charge in [-0.15, -0.1) is 0 Å². The first-order chi connectivity index (χ1) is 9.85. The summed E-state index contributed by atoms with van der Waals surface area (Å²) in [5.41, 5.74) is 2.81. The van der Waals surface area contributed by atoms with Gasteiger partial charge in [0.25, 0.3) is 0 Å². The van der Waals surface area contributed by atoms with Crippen LogP contribution in [-0.2, 0) is 10.0 Å².